The van der Waals surface area contributed by atoms with Gasteiger partial charge in [-0.2, -0.15) is 9.78 Å². The molecular formula is C20H14N6O2. The zero-order chi connectivity index (χ0) is 19.1. The lowest BCUT2D eigenvalue weighted by atomic mass is 10.3. The van der Waals surface area contributed by atoms with E-state index >= 15 is 0 Å². The van der Waals surface area contributed by atoms with Crippen LogP contribution in [0.3, 0.4) is 0 Å². The smallest absolute Gasteiger partial charge is 0.265 e. The van der Waals surface area contributed by atoms with Gasteiger partial charge in [0.2, 0.25) is 0 Å². The van der Waals surface area contributed by atoms with Crippen molar-refractivity contribution < 1.29 is 4.42 Å². The second-order valence-corrected chi connectivity index (χ2v) is 6.15. The molecule has 0 spiro atoms. The summed E-state index contributed by atoms with van der Waals surface area (Å²) in [5.74, 6) is 0.573. The number of aromatic nitrogens is 5. The average molecular weight is 370 g/mol. The highest BCUT2D eigenvalue weighted by Crippen LogP contribution is 2.24. The van der Waals surface area contributed by atoms with Gasteiger partial charge in [-0.1, -0.05) is 18.2 Å². The molecule has 0 aliphatic rings. The Balaban J connectivity index is 1.90. The largest absolute Gasteiger partial charge is 0.463 e. The van der Waals surface area contributed by atoms with Crippen LogP contribution in [0.2, 0.25) is 0 Å². The first-order valence-electron chi connectivity index (χ1n) is 8.61. The van der Waals surface area contributed by atoms with Crippen molar-refractivity contribution in [2.75, 3.05) is 0 Å². The third-order valence-corrected chi connectivity index (χ3v) is 4.38. The van der Waals surface area contributed by atoms with E-state index in [4.69, 9.17) is 4.42 Å². The third-order valence-electron chi connectivity index (χ3n) is 4.38. The number of rotatable bonds is 4. The standard InChI is InChI=1S/C20H14N6O2/c1-2-9-25-12-21-18-16(20(25)27)17-19(24-15-8-4-3-7-14(15)23-17)26(18)22-11-13-6-5-10-28-13/h2-8,10-12H,1,9H2. The molecule has 0 saturated heterocycles. The topological polar surface area (TPSA) is 91.1 Å². The summed E-state index contributed by atoms with van der Waals surface area (Å²) in [6.45, 7) is 4.04. The highest BCUT2D eigenvalue weighted by Gasteiger charge is 2.19. The molecule has 8 nitrogen and oxygen atoms in total. The second kappa shape index (κ2) is 6.27. The summed E-state index contributed by atoms with van der Waals surface area (Å²) in [7, 11) is 0. The van der Waals surface area contributed by atoms with E-state index in [1.54, 1.807) is 30.7 Å². The summed E-state index contributed by atoms with van der Waals surface area (Å²) in [6.07, 6.45) is 6.23. The van der Waals surface area contributed by atoms with Crippen LogP contribution in [-0.2, 0) is 6.54 Å². The molecule has 0 N–H and O–H groups in total. The Labute approximate surface area is 158 Å². The molecule has 5 aromatic rings. The predicted molar refractivity (Wildman–Crippen MR) is 106 cm³/mol. The summed E-state index contributed by atoms with van der Waals surface area (Å²) in [4.78, 5) is 26.8. The van der Waals surface area contributed by atoms with Crippen LogP contribution in [0.1, 0.15) is 5.76 Å². The maximum atomic E-state index is 13.0. The van der Waals surface area contributed by atoms with Crippen molar-refractivity contribution in [1.29, 1.82) is 0 Å². The van der Waals surface area contributed by atoms with Crippen molar-refractivity contribution in [2.45, 2.75) is 6.54 Å². The molecule has 136 valence electrons. The number of fused-ring (bicyclic) bond motifs is 4. The van der Waals surface area contributed by atoms with E-state index in [0.717, 1.165) is 0 Å². The zero-order valence-corrected chi connectivity index (χ0v) is 14.7. The van der Waals surface area contributed by atoms with Crippen molar-refractivity contribution in [3.05, 3.63) is 77.8 Å². The number of furan rings is 1. The average Bonchev–Trinajstić information content (AvgIpc) is 3.33. The van der Waals surface area contributed by atoms with Crippen molar-refractivity contribution in [3.63, 3.8) is 0 Å². The van der Waals surface area contributed by atoms with Crippen LogP contribution in [0.5, 0.6) is 0 Å². The van der Waals surface area contributed by atoms with Gasteiger partial charge < -0.3 is 4.42 Å². The van der Waals surface area contributed by atoms with E-state index in [2.05, 4.69) is 26.6 Å². The maximum absolute atomic E-state index is 13.0. The summed E-state index contributed by atoms with van der Waals surface area (Å²) in [5.41, 5.74) is 2.49. The van der Waals surface area contributed by atoms with Gasteiger partial charge in [-0.05, 0) is 24.3 Å². The summed E-state index contributed by atoms with van der Waals surface area (Å²) < 4.78 is 8.30. The number of para-hydroxylation sites is 2. The first-order valence-corrected chi connectivity index (χ1v) is 8.61. The van der Waals surface area contributed by atoms with Gasteiger partial charge in [-0.25, -0.2) is 15.0 Å². The predicted octanol–water partition coefficient (Wildman–Crippen LogP) is 2.96. The number of nitrogens with zero attached hydrogens (tertiary/aromatic N) is 6. The lowest BCUT2D eigenvalue weighted by Gasteiger charge is -2.01. The van der Waals surface area contributed by atoms with E-state index in [0.29, 0.717) is 45.5 Å². The van der Waals surface area contributed by atoms with E-state index < -0.39 is 0 Å². The van der Waals surface area contributed by atoms with Crippen molar-refractivity contribution in [2.24, 2.45) is 5.10 Å². The summed E-state index contributed by atoms with van der Waals surface area (Å²) in [6, 6.07) is 11.0. The quantitative estimate of drug-likeness (QED) is 0.358. The number of allylic oxidation sites excluding steroid dienone is 1. The van der Waals surface area contributed by atoms with Gasteiger partial charge in [-0.15, -0.1) is 6.58 Å². The highest BCUT2D eigenvalue weighted by atomic mass is 16.3. The van der Waals surface area contributed by atoms with E-state index in [9.17, 15) is 4.79 Å². The van der Waals surface area contributed by atoms with Gasteiger partial charge in [0.1, 0.15) is 23.0 Å². The van der Waals surface area contributed by atoms with Gasteiger partial charge in [0.05, 0.1) is 23.5 Å². The third kappa shape index (κ3) is 2.43. The first kappa shape index (κ1) is 16.1. The van der Waals surface area contributed by atoms with Gasteiger partial charge in [0.15, 0.2) is 11.3 Å². The molecule has 0 aliphatic heterocycles. The first-order chi connectivity index (χ1) is 13.8. The fourth-order valence-corrected chi connectivity index (χ4v) is 3.11. The molecule has 1 aromatic carbocycles. The lowest BCUT2D eigenvalue weighted by molar-refractivity contribution is 0.559. The normalized spacial score (nSPS) is 11.9. The molecule has 0 bridgehead atoms. The molecule has 0 atom stereocenters. The van der Waals surface area contributed by atoms with Crippen LogP contribution in [0.4, 0.5) is 0 Å². The molecule has 0 fully saturated rings. The molecule has 0 radical (unpaired) electrons. The summed E-state index contributed by atoms with van der Waals surface area (Å²) in [5, 5.41) is 4.82. The van der Waals surface area contributed by atoms with Crippen LogP contribution in [0, 0.1) is 0 Å². The lowest BCUT2D eigenvalue weighted by Crippen LogP contribution is -2.19. The summed E-state index contributed by atoms with van der Waals surface area (Å²) >= 11 is 0. The molecular weight excluding hydrogens is 356 g/mol. The molecule has 5 rings (SSSR count). The van der Waals surface area contributed by atoms with Crippen LogP contribution in [0.15, 0.2) is 76.0 Å². The Morgan fingerprint density at radius 2 is 1.93 bits per heavy atom. The van der Waals surface area contributed by atoms with E-state index in [1.165, 1.54) is 15.6 Å². The minimum atomic E-state index is -0.216. The molecule has 0 saturated carbocycles. The Morgan fingerprint density at radius 3 is 2.68 bits per heavy atom. The van der Waals surface area contributed by atoms with Gasteiger partial charge in [0, 0.05) is 6.54 Å². The van der Waals surface area contributed by atoms with Crippen molar-refractivity contribution in [1.82, 2.24) is 24.2 Å². The highest BCUT2D eigenvalue weighted by molar-refractivity contribution is 6.04. The molecule has 0 aliphatic carbocycles. The fraction of sp³-hybridized carbons (Fsp3) is 0.0500. The maximum Gasteiger partial charge on any atom is 0.265 e. The van der Waals surface area contributed by atoms with Crippen LogP contribution >= 0.6 is 0 Å². The Hall–Kier alpha value is -4.07. The van der Waals surface area contributed by atoms with Crippen LogP contribution < -0.4 is 5.56 Å². The minimum Gasteiger partial charge on any atom is -0.463 e. The monoisotopic (exact) mass is 370 g/mol. The van der Waals surface area contributed by atoms with Crippen LogP contribution in [0.25, 0.3) is 33.2 Å². The number of hydrogen-bond acceptors (Lipinski definition) is 6. The van der Waals surface area contributed by atoms with E-state index in [1.807, 2.05) is 24.3 Å². The molecule has 4 heterocycles. The van der Waals surface area contributed by atoms with Gasteiger partial charge in [0.25, 0.3) is 5.56 Å². The molecule has 0 unspecified atom stereocenters. The van der Waals surface area contributed by atoms with Gasteiger partial charge in [-0.3, -0.25) is 9.36 Å². The van der Waals surface area contributed by atoms with Crippen molar-refractivity contribution in [3.8, 4) is 0 Å². The SMILES string of the molecule is C=CCn1cnc2c(c1=O)c1nc3ccccc3nc1n2N=Cc1ccco1. The molecule has 4 aromatic heterocycles. The molecule has 8 heteroatoms. The van der Waals surface area contributed by atoms with Gasteiger partial charge >= 0.3 is 0 Å². The van der Waals surface area contributed by atoms with Crippen LogP contribution in [-0.4, -0.2) is 30.4 Å². The Morgan fingerprint density at radius 1 is 1.11 bits per heavy atom. The molecule has 0 amide bonds. The minimum absolute atomic E-state index is 0.216. The fourth-order valence-electron chi connectivity index (χ4n) is 3.11. The Kier molecular flexibility index (Phi) is 3.61. The Bertz CT molecular complexity index is 1430. The molecule has 28 heavy (non-hydrogen) atoms. The van der Waals surface area contributed by atoms with Crippen molar-refractivity contribution >= 4 is 39.4 Å². The zero-order valence-electron chi connectivity index (χ0n) is 14.7. The van der Waals surface area contributed by atoms with E-state index in [-0.39, 0.29) is 5.56 Å². The second-order valence-electron chi connectivity index (χ2n) is 6.15. The number of hydrogen-bond donors (Lipinski definition) is 0. The number of benzene rings is 1.